The van der Waals surface area contributed by atoms with E-state index in [0.29, 0.717) is 24.4 Å². The van der Waals surface area contributed by atoms with E-state index in [9.17, 15) is 9.59 Å². The van der Waals surface area contributed by atoms with Crippen molar-refractivity contribution in [2.45, 2.75) is 19.4 Å². The lowest BCUT2D eigenvalue weighted by atomic mass is 10.1. The Morgan fingerprint density at radius 3 is 2.65 bits per heavy atom. The number of hydrogen-bond donors (Lipinski definition) is 2. The third-order valence-electron chi connectivity index (χ3n) is 3.74. The SMILES string of the molecule is NC(=O)N(Cc1c[nH]c(=O)c2ccccc12)CC1CC1. The molecule has 0 unspecified atom stereocenters. The average molecular weight is 271 g/mol. The highest BCUT2D eigenvalue weighted by Gasteiger charge is 2.26. The van der Waals surface area contributed by atoms with Gasteiger partial charge in [0.25, 0.3) is 5.56 Å². The van der Waals surface area contributed by atoms with Crippen molar-refractivity contribution in [2.24, 2.45) is 11.7 Å². The highest BCUT2D eigenvalue weighted by atomic mass is 16.2. The molecule has 3 rings (SSSR count). The van der Waals surface area contributed by atoms with Crippen LogP contribution in [0.4, 0.5) is 4.79 Å². The number of pyridine rings is 1. The van der Waals surface area contributed by atoms with Crippen molar-refractivity contribution in [1.82, 2.24) is 9.88 Å². The molecule has 104 valence electrons. The van der Waals surface area contributed by atoms with Crippen molar-refractivity contribution in [3.63, 3.8) is 0 Å². The van der Waals surface area contributed by atoms with E-state index in [1.165, 1.54) is 0 Å². The Balaban J connectivity index is 1.94. The van der Waals surface area contributed by atoms with E-state index in [-0.39, 0.29) is 5.56 Å². The molecule has 1 fully saturated rings. The second-order valence-corrected chi connectivity index (χ2v) is 5.35. The van der Waals surface area contributed by atoms with Crippen LogP contribution in [0.2, 0.25) is 0 Å². The molecule has 0 saturated heterocycles. The number of nitrogens with zero attached hydrogens (tertiary/aromatic N) is 1. The first-order valence-electron chi connectivity index (χ1n) is 6.79. The van der Waals surface area contributed by atoms with Gasteiger partial charge in [-0.3, -0.25) is 4.79 Å². The highest BCUT2D eigenvalue weighted by Crippen LogP contribution is 2.30. The Labute approximate surface area is 116 Å². The van der Waals surface area contributed by atoms with E-state index in [2.05, 4.69) is 4.98 Å². The standard InChI is InChI=1S/C15H17N3O2/c16-15(20)18(8-10-5-6-10)9-11-7-17-14(19)13-4-2-1-3-12(11)13/h1-4,7,10H,5-6,8-9H2,(H2,16,20)(H,17,19). The summed E-state index contributed by atoms with van der Waals surface area (Å²) in [6, 6.07) is 6.99. The van der Waals surface area contributed by atoms with Crippen LogP contribution in [-0.2, 0) is 6.54 Å². The number of fused-ring (bicyclic) bond motifs is 1. The van der Waals surface area contributed by atoms with Crippen molar-refractivity contribution in [2.75, 3.05) is 6.54 Å². The van der Waals surface area contributed by atoms with Gasteiger partial charge in [0.15, 0.2) is 0 Å². The lowest BCUT2D eigenvalue weighted by molar-refractivity contribution is 0.202. The maximum Gasteiger partial charge on any atom is 0.315 e. The molecule has 5 nitrogen and oxygen atoms in total. The molecule has 0 spiro atoms. The summed E-state index contributed by atoms with van der Waals surface area (Å²) in [6.45, 7) is 1.13. The molecule has 0 atom stereocenters. The quantitative estimate of drug-likeness (QED) is 0.889. The number of primary amides is 1. The second-order valence-electron chi connectivity index (χ2n) is 5.35. The van der Waals surface area contributed by atoms with Gasteiger partial charge in [-0.25, -0.2) is 4.79 Å². The monoisotopic (exact) mass is 271 g/mol. The van der Waals surface area contributed by atoms with Crippen LogP contribution in [0.5, 0.6) is 0 Å². The average Bonchev–Trinajstić information content (AvgIpc) is 3.25. The van der Waals surface area contributed by atoms with Crippen LogP contribution in [0.25, 0.3) is 10.8 Å². The van der Waals surface area contributed by atoms with Crippen LogP contribution in [0.1, 0.15) is 18.4 Å². The number of nitrogens with one attached hydrogen (secondary N) is 1. The normalized spacial score (nSPS) is 14.4. The lowest BCUT2D eigenvalue weighted by Crippen LogP contribution is -2.36. The van der Waals surface area contributed by atoms with Gasteiger partial charge in [0.1, 0.15) is 0 Å². The van der Waals surface area contributed by atoms with Gasteiger partial charge in [-0.1, -0.05) is 18.2 Å². The van der Waals surface area contributed by atoms with Crippen molar-refractivity contribution in [3.8, 4) is 0 Å². The molecule has 1 saturated carbocycles. The molecule has 0 bridgehead atoms. The first-order chi connectivity index (χ1) is 9.65. The topological polar surface area (TPSA) is 79.2 Å². The Hall–Kier alpha value is -2.30. The molecule has 3 N–H and O–H groups in total. The molecule has 2 aromatic rings. The van der Waals surface area contributed by atoms with Gasteiger partial charge in [0.05, 0.1) is 0 Å². The first kappa shape index (κ1) is 12.7. The van der Waals surface area contributed by atoms with E-state index in [0.717, 1.165) is 23.8 Å². The lowest BCUT2D eigenvalue weighted by Gasteiger charge is -2.21. The van der Waals surface area contributed by atoms with Gasteiger partial charge in [0, 0.05) is 24.7 Å². The number of hydrogen-bond acceptors (Lipinski definition) is 2. The van der Waals surface area contributed by atoms with Gasteiger partial charge in [-0.2, -0.15) is 0 Å². The number of urea groups is 1. The van der Waals surface area contributed by atoms with E-state index in [1.807, 2.05) is 18.2 Å². The van der Waals surface area contributed by atoms with Crippen LogP contribution >= 0.6 is 0 Å². The number of benzene rings is 1. The summed E-state index contributed by atoms with van der Waals surface area (Å²) in [6.07, 6.45) is 4.00. The van der Waals surface area contributed by atoms with Crippen LogP contribution < -0.4 is 11.3 Å². The molecular weight excluding hydrogens is 254 g/mol. The summed E-state index contributed by atoms with van der Waals surface area (Å²) in [5, 5.41) is 1.51. The molecule has 1 aromatic heterocycles. The molecule has 0 aliphatic heterocycles. The van der Waals surface area contributed by atoms with Crippen LogP contribution in [0.15, 0.2) is 35.3 Å². The minimum Gasteiger partial charge on any atom is -0.351 e. The number of carbonyl (C=O) groups excluding carboxylic acids is 1. The van der Waals surface area contributed by atoms with Crippen molar-refractivity contribution >= 4 is 16.8 Å². The fourth-order valence-corrected chi connectivity index (χ4v) is 2.45. The van der Waals surface area contributed by atoms with E-state index in [4.69, 9.17) is 5.73 Å². The first-order valence-corrected chi connectivity index (χ1v) is 6.79. The minimum absolute atomic E-state index is 0.114. The smallest absolute Gasteiger partial charge is 0.315 e. The molecular formula is C15H17N3O2. The van der Waals surface area contributed by atoms with Crippen LogP contribution in [-0.4, -0.2) is 22.5 Å². The number of H-pyrrole nitrogens is 1. The molecule has 5 heteroatoms. The van der Waals surface area contributed by atoms with Gasteiger partial charge < -0.3 is 15.6 Å². The molecule has 1 aromatic carbocycles. The molecule has 20 heavy (non-hydrogen) atoms. The van der Waals surface area contributed by atoms with Crippen LogP contribution in [0.3, 0.4) is 0 Å². The number of amides is 2. The third-order valence-corrected chi connectivity index (χ3v) is 3.74. The molecule has 0 radical (unpaired) electrons. The molecule has 1 aliphatic carbocycles. The Morgan fingerprint density at radius 2 is 2.00 bits per heavy atom. The zero-order chi connectivity index (χ0) is 14.1. The number of aromatic amines is 1. The summed E-state index contributed by atoms with van der Waals surface area (Å²) in [5.41, 5.74) is 6.25. The second kappa shape index (κ2) is 5.00. The van der Waals surface area contributed by atoms with Crippen LogP contribution in [0, 0.1) is 5.92 Å². The minimum atomic E-state index is -0.410. The third kappa shape index (κ3) is 2.52. The zero-order valence-corrected chi connectivity index (χ0v) is 11.1. The maximum atomic E-state index is 11.8. The predicted molar refractivity (Wildman–Crippen MR) is 77.3 cm³/mol. The fourth-order valence-electron chi connectivity index (χ4n) is 2.45. The zero-order valence-electron chi connectivity index (χ0n) is 11.1. The molecule has 1 aliphatic rings. The predicted octanol–water partition coefficient (Wildman–Crippen LogP) is 1.82. The number of rotatable bonds is 4. The summed E-state index contributed by atoms with van der Waals surface area (Å²) >= 11 is 0. The summed E-state index contributed by atoms with van der Waals surface area (Å²) in [5.74, 6) is 0.580. The van der Waals surface area contributed by atoms with E-state index < -0.39 is 6.03 Å². The van der Waals surface area contributed by atoms with Gasteiger partial charge in [-0.05, 0) is 35.8 Å². The largest absolute Gasteiger partial charge is 0.351 e. The Morgan fingerprint density at radius 1 is 1.30 bits per heavy atom. The van der Waals surface area contributed by atoms with E-state index in [1.54, 1.807) is 17.2 Å². The maximum absolute atomic E-state index is 11.8. The molecule has 2 amide bonds. The summed E-state index contributed by atoms with van der Waals surface area (Å²) < 4.78 is 0. The number of carbonyl (C=O) groups is 1. The summed E-state index contributed by atoms with van der Waals surface area (Å²) in [7, 11) is 0. The van der Waals surface area contributed by atoms with Crippen molar-refractivity contribution < 1.29 is 4.79 Å². The van der Waals surface area contributed by atoms with Gasteiger partial charge in [-0.15, -0.1) is 0 Å². The summed E-state index contributed by atoms with van der Waals surface area (Å²) in [4.78, 5) is 27.7. The van der Waals surface area contributed by atoms with Gasteiger partial charge >= 0.3 is 6.03 Å². The Bertz CT molecular complexity index is 704. The Kier molecular flexibility index (Phi) is 3.18. The van der Waals surface area contributed by atoms with Gasteiger partial charge in [0.2, 0.25) is 0 Å². The van der Waals surface area contributed by atoms with Crippen molar-refractivity contribution in [1.29, 1.82) is 0 Å². The van der Waals surface area contributed by atoms with E-state index >= 15 is 0 Å². The number of nitrogens with two attached hydrogens (primary N) is 1. The number of aromatic nitrogens is 1. The molecule has 1 heterocycles. The fraction of sp³-hybridized carbons (Fsp3) is 0.333. The van der Waals surface area contributed by atoms with Crippen molar-refractivity contribution in [3.05, 3.63) is 46.4 Å². The highest BCUT2D eigenvalue weighted by molar-refractivity contribution is 5.85.